The highest BCUT2D eigenvalue weighted by molar-refractivity contribution is 6.01. The fourth-order valence-corrected chi connectivity index (χ4v) is 6.69. The molecule has 2 fully saturated rings. The molecule has 3 amide bonds. The normalized spacial score (nSPS) is 18.0. The number of alkyl carbamates (subject to hydrolysis) is 1. The maximum absolute atomic E-state index is 15.2. The number of aromatic nitrogens is 3. The Labute approximate surface area is 296 Å². The molecule has 13 heteroatoms. The maximum atomic E-state index is 15.2. The molecule has 2 aliphatic heterocycles. The van der Waals surface area contributed by atoms with E-state index < -0.39 is 29.7 Å². The molecule has 51 heavy (non-hydrogen) atoms. The smallest absolute Gasteiger partial charge is 0.407 e. The van der Waals surface area contributed by atoms with Gasteiger partial charge >= 0.3 is 6.09 Å². The van der Waals surface area contributed by atoms with Crippen molar-refractivity contribution in [3.63, 3.8) is 0 Å². The monoisotopic (exact) mass is 701 g/mol. The number of aryl methyl sites for hydroxylation is 1. The number of fused-ring (bicyclic) bond motifs is 1. The second-order valence-electron chi connectivity index (χ2n) is 14.4. The van der Waals surface area contributed by atoms with Crippen LogP contribution in [0.2, 0.25) is 0 Å². The summed E-state index contributed by atoms with van der Waals surface area (Å²) in [5.41, 5.74) is 4.49. The Hall–Kier alpha value is -4.91. The Morgan fingerprint density at radius 3 is 2.55 bits per heavy atom. The second kappa shape index (κ2) is 15.5. The van der Waals surface area contributed by atoms with E-state index in [4.69, 9.17) is 4.74 Å². The Morgan fingerprint density at radius 2 is 1.84 bits per heavy atom. The number of halogens is 2. The molecule has 6 rings (SSSR count). The number of piperidine rings is 2. The van der Waals surface area contributed by atoms with E-state index in [0.717, 1.165) is 37.2 Å². The van der Waals surface area contributed by atoms with Gasteiger partial charge in [0, 0.05) is 42.5 Å². The molecule has 2 aromatic heterocycles. The molecule has 0 saturated carbocycles. The summed E-state index contributed by atoms with van der Waals surface area (Å²) in [6.45, 7) is 7.29. The van der Waals surface area contributed by atoms with Gasteiger partial charge in [0.25, 0.3) is 0 Å². The van der Waals surface area contributed by atoms with Crippen LogP contribution in [0.5, 0.6) is 0 Å². The van der Waals surface area contributed by atoms with Crippen molar-refractivity contribution in [2.24, 2.45) is 0 Å². The van der Waals surface area contributed by atoms with Crippen LogP contribution in [0.4, 0.5) is 19.3 Å². The van der Waals surface area contributed by atoms with Crippen LogP contribution >= 0.6 is 0 Å². The third-order valence-corrected chi connectivity index (χ3v) is 9.36. The van der Waals surface area contributed by atoms with Crippen LogP contribution in [0.15, 0.2) is 61.1 Å². The van der Waals surface area contributed by atoms with Crippen molar-refractivity contribution >= 4 is 29.1 Å². The first kappa shape index (κ1) is 35.9. The first-order valence-electron chi connectivity index (χ1n) is 17.5. The number of imide groups is 1. The number of amides is 3. The summed E-state index contributed by atoms with van der Waals surface area (Å²) in [7, 11) is 0. The van der Waals surface area contributed by atoms with E-state index in [0.29, 0.717) is 60.5 Å². The van der Waals surface area contributed by atoms with Crippen molar-refractivity contribution in [3.05, 3.63) is 83.6 Å². The molecule has 270 valence electrons. The van der Waals surface area contributed by atoms with Crippen LogP contribution in [-0.4, -0.2) is 74.9 Å². The van der Waals surface area contributed by atoms with Crippen molar-refractivity contribution in [2.75, 3.05) is 25.0 Å². The molecule has 2 aromatic carbocycles. The predicted octanol–water partition coefficient (Wildman–Crippen LogP) is 5.93. The van der Waals surface area contributed by atoms with E-state index in [1.165, 1.54) is 18.0 Å². The Morgan fingerprint density at radius 1 is 1.08 bits per heavy atom. The zero-order valence-electron chi connectivity index (χ0n) is 29.3. The van der Waals surface area contributed by atoms with Gasteiger partial charge < -0.3 is 20.3 Å². The van der Waals surface area contributed by atoms with E-state index in [9.17, 15) is 14.4 Å². The number of nitrogens with one attached hydrogen (secondary N) is 3. The number of hydrogen-bond acceptors (Lipinski definition) is 8. The van der Waals surface area contributed by atoms with Crippen molar-refractivity contribution in [3.8, 4) is 11.3 Å². The molecule has 4 aromatic rings. The molecule has 11 nitrogen and oxygen atoms in total. The molecule has 0 spiro atoms. The molecule has 2 unspecified atom stereocenters. The number of carbonyl (C=O) groups is 3. The number of hydrogen-bond donors (Lipinski definition) is 3. The van der Waals surface area contributed by atoms with Crippen LogP contribution in [0.1, 0.15) is 75.5 Å². The van der Waals surface area contributed by atoms with Crippen LogP contribution in [0.3, 0.4) is 0 Å². The average molecular weight is 702 g/mol. The van der Waals surface area contributed by atoms with Crippen LogP contribution < -0.4 is 16.0 Å². The summed E-state index contributed by atoms with van der Waals surface area (Å²) in [6.07, 6.45) is 5.28. The van der Waals surface area contributed by atoms with Gasteiger partial charge in [0.15, 0.2) is 0 Å². The third kappa shape index (κ3) is 9.46. The lowest BCUT2D eigenvalue weighted by Gasteiger charge is -2.33. The number of carbonyl (C=O) groups excluding carboxylic acids is 3. The van der Waals surface area contributed by atoms with Crippen LogP contribution in [0, 0.1) is 5.82 Å². The second-order valence-corrected chi connectivity index (χ2v) is 14.4. The Balaban J connectivity index is 0.972. The van der Waals surface area contributed by atoms with Crippen molar-refractivity contribution in [1.82, 2.24) is 30.1 Å². The summed E-state index contributed by atoms with van der Waals surface area (Å²) < 4.78 is 37.2. The topological polar surface area (TPSA) is 130 Å². The van der Waals surface area contributed by atoms with Crippen molar-refractivity contribution < 1.29 is 27.9 Å². The lowest BCUT2D eigenvalue weighted by atomic mass is 9.89. The highest BCUT2D eigenvalue weighted by Crippen LogP contribution is 2.30. The third-order valence-electron chi connectivity index (χ3n) is 9.36. The fraction of sp³-hybridized carbons (Fsp3) is 0.447. The first-order valence-corrected chi connectivity index (χ1v) is 17.5. The predicted molar refractivity (Wildman–Crippen MR) is 189 cm³/mol. The number of anilines is 1. The van der Waals surface area contributed by atoms with Gasteiger partial charge in [-0.2, -0.15) is 5.10 Å². The van der Waals surface area contributed by atoms with Crippen LogP contribution in [-0.2, 0) is 27.3 Å². The molecule has 2 atom stereocenters. The molecule has 0 bridgehead atoms. The lowest BCUT2D eigenvalue weighted by molar-refractivity contribution is -0.133. The molecular weight excluding hydrogens is 656 g/mol. The van der Waals surface area contributed by atoms with Gasteiger partial charge in [-0.1, -0.05) is 24.3 Å². The first-order chi connectivity index (χ1) is 24.4. The molecule has 2 saturated heterocycles. The number of alkyl halides is 1. The average Bonchev–Trinajstić information content (AvgIpc) is 3.52. The van der Waals surface area contributed by atoms with Crippen molar-refractivity contribution in [2.45, 2.75) is 89.6 Å². The zero-order valence-corrected chi connectivity index (χ0v) is 29.3. The minimum atomic E-state index is -0.983. The quantitative estimate of drug-likeness (QED) is 0.164. The van der Waals surface area contributed by atoms with Crippen LogP contribution in [0.25, 0.3) is 16.8 Å². The number of likely N-dealkylation sites (tertiary alicyclic amines) is 1. The van der Waals surface area contributed by atoms with Gasteiger partial charge in [-0.15, -0.1) is 0 Å². The van der Waals surface area contributed by atoms with Gasteiger partial charge in [0.2, 0.25) is 11.8 Å². The minimum absolute atomic E-state index is 0.0146. The largest absolute Gasteiger partial charge is 0.444 e. The van der Waals surface area contributed by atoms with Gasteiger partial charge in [-0.05, 0) is 107 Å². The van der Waals surface area contributed by atoms with E-state index in [1.54, 1.807) is 37.4 Å². The highest BCUT2D eigenvalue weighted by Gasteiger charge is 2.27. The molecular formula is C38H45F2N7O4. The number of ether oxygens (including phenoxy) is 1. The summed E-state index contributed by atoms with van der Waals surface area (Å²) in [5.74, 6) is -0.602. The summed E-state index contributed by atoms with van der Waals surface area (Å²) >= 11 is 0. The molecule has 2 aliphatic rings. The van der Waals surface area contributed by atoms with Gasteiger partial charge in [-0.3, -0.25) is 14.9 Å². The highest BCUT2D eigenvalue weighted by atomic mass is 19.1. The van der Waals surface area contributed by atoms with Gasteiger partial charge in [0.05, 0.1) is 11.2 Å². The maximum Gasteiger partial charge on any atom is 0.407 e. The SMILES string of the molecule is CC(C)(C)OC(=O)NCc1ccc(-c2ncnn3cc(CCC(F)CN4CCC(c5ccc(NC6CCC(=O)NC6=O)cc5)CC4)cc23)cc1F. The van der Waals surface area contributed by atoms with E-state index in [2.05, 4.69) is 43.1 Å². The molecule has 0 radical (unpaired) electrons. The zero-order chi connectivity index (χ0) is 36.1. The lowest BCUT2D eigenvalue weighted by Crippen LogP contribution is -2.47. The molecule has 3 N–H and O–H groups in total. The van der Waals surface area contributed by atoms with E-state index >= 15 is 8.78 Å². The summed E-state index contributed by atoms with van der Waals surface area (Å²) in [6, 6.07) is 14.4. The van der Waals surface area contributed by atoms with Gasteiger partial charge in [-0.25, -0.2) is 23.1 Å². The number of rotatable bonds is 11. The number of nitrogens with zero attached hydrogens (tertiary/aromatic N) is 4. The van der Waals surface area contributed by atoms with Crippen molar-refractivity contribution in [1.29, 1.82) is 0 Å². The van der Waals surface area contributed by atoms with E-state index in [1.807, 2.05) is 24.4 Å². The fourth-order valence-electron chi connectivity index (χ4n) is 6.69. The standard InChI is InChI=1S/C38H45F2N7O4/c1-38(2,3)51-37(50)41-20-28-6-5-27(19-31(28)40)35-33-18-24(21-47(33)43-23-42-35)4-9-29(39)22-46-16-14-26(15-17-46)25-7-10-30(11-8-25)44-32-12-13-34(48)45-36(32)49/h5-8,10-11,18-19,21,23,26,29,32,44H,4,9,12-17,20,22H2,1-3H3,(H,41,50)(H,45,48,49). The minimum Gasteiger partial charge on any atom is -0.444 e. The van der Waals surface area contributed by atoms with E-state index in [-0.39, 0.29) is 18.4 Å². The molecule has 0 aliphatic carbocycles. The summed E-state index contributed by atoms with van der Waals surface area (Å²) in [4.78, 5) is 42.1. The Bertz CT molecular complexity index is 1870. The molecule has 4 heterocycles. The van der Waals surface area contributed by atoms with Gasteiger partial charge in [0.1, 0.15) is 30.0 Å². The summed E-state index contributed by atoms with van der Waals surface area (Å²) in [5, 5.41) is 12.5. The number of benzene rings is 2. The Kier molecular flexibility index (Phi) is 10.9.